The van der Waals surface area contributed by atoms with Crippen molar-refractivity contribution < 1.29 is 9.90 Å². The maximum atomic E-state index is 12.2. The Balaban J connectivity index is 2.41. The summed E-state index contributed by atoms with van der Waals surface area (Å²) >= 11 is 3.30. The molecule has 0 aliphatic heterocycles. The maximum absolute atomic E-state index is 12.2. The molecule has 6 nitrogen and oxygen atoms in total. The number of halogens is 1. The first kappa shape index (κ1) is 16.7. The van der Waals surface area contributed by atoms with Crippen LogP contribution in [0.1, 0.15) is 15.9 Å². The van der Waals surface area contributed by atoms with Crippen molar-refractivity contribution in [3.8, 4) is 5.88 Å². The summed E-state index contributed by atoms with van der Waals surface area (Å²) in [5.74, 6) is -1.38. The normalized spacial score (nSPS) is 10.8. The van der Waals surface area contributed by atoms with Gasteiger partial charge in [-0.1, -0.05) is 40.2 Å². The second-order valence-corrected chi connectivity index (χ2v) is 5.52. The molecule has 118 valence electrons. The number of aromatic hydroxyl groups is 1. The Morgan fingerprint density at radius 2 is 1.96 bits per heavy atom. The van der Waals surface area contributed by atoms with Crippen LogP contribution < -0.4 is 11.2 Å². The third-order valence-corrected chi connectivity index (χ3v) is 3.56. The minimum absolute atomic E-state index is 0.0296. The fourth-order valence-corrected chi connectivity index (χ4v) is 2.17. The molecule has 0 aliphatic rings. The lowest BCUT2D eigenvalue weighted by atomic mass is 10.1. The summed E-state index contributed by atoms with van der Waals surface area (Å²) in [7, 11) is 0. The van der Waals surface area contributed by atoms with E-state index in [1.165, 1.54) is 12.2 Å². The average Bonchev–Trinajstić information content (AvgIpc) is 2.50. The molecule has 0 amide bonds. The van der Waals surface area contributed by atoms with Gasteiger partial charge in [0, 0.05) is 11.0 Å². The highest BCUT2D eigenvalue weighted by molar-refractivity contribution is 9.10. The number of carbonyl (C=O) groups is 1. The van der Waals surface area contributed by atoms with E-state index >= 15 is 0 Å². The first-order chi connectivity index (χ1) is 10.9. The Labute approximate surface area is 139 Å². The molecule has 2 rings (SSSR count). The summed E-state index contributed by atoms with van der Waals surface area (Å²) in [6, 6.07) is 7.16. The molecule has 0 saturated carbocycles. The van der Waals surface area contributed by atoms with Crippen molar-refractivity contribution in [3.05, 3.63) is 79.4 Å². The fourth-order valence-electron chi connectivity index (χ4n) is 1.91. The number of hydrogen-bond donors (Lipinski definition) is 2. The molecule has 2 N–H and O–H groups in total. The predicted molar refractivity (Wildman–Crippen MR) is 90.7 cm³/mol. The van der Waals surface area contributed by atoms with Crippen molar-refractivity contribution in [2.24, 2.45) is 0 Å². The third kappa shape index (κ3) is 3.75. The Morgan fingerprint density at radius 3 is 2.57 bits per heavy atom. The van der Waals surface area contributed by atoms with Crippen LogP contribution in [0.15, 0.2) is 57.1 Å². The smallest absolute Gasteiger partial charge is 0.331 e. The van der Waals surface area contributed by atoms with E-state index in [-0.39, 0.29) is 6.54 Å². The lowest BCUT2D eigenvalue weighted by Crippen LogP contribution is -2.33. The van der Waals surface area contributed by atoms with Gasteiger partial charge in [0.25, 0.3) is 5.56 Å². The quantitative estimate of drug-likeness (QED) is 0.474. The first-order valence-corrected chi connectivity index (χ1v) is 7.38. The predicted octanol–water partition coefficient (Wildman–Crippen LogP) is 2.09. The van der Waals surface area contributed by atoms with Crippen molar-refractivity contribution in [2.45, 2.75) is 6.54 Å². The molecule has 2 aromatic rings. The zero-order valence-corrected chi connectivity index (χ0v) is 13.5. The van der Waals surface area contributed by atoms with Crippen LogP contribution in [0.3, 0.4) is 0 Å². The molecule has 0 spiro atoms. The summed E-state index contributed by atoms with van der Waals surface area (Å²) in [5.41, 5.74) is -1.48. The Hall–Kier alpha value is -2.67. The third-order valence-electron chi connectivity index (χ3n) is 3.03. The number of nitrogens with zero attached hydrogens (tertiary/aromatic N) is 1. The lowest BCUT2D eigenvalue weighted by molar-refractivity contribution is 0.104. The van der Waals surface area contributed by atoms with Gasteiger partial charge >= 0.3 is 5.69 Å². The van der Waals surface area contributed by atoms with Crippen molar-refractivity contribution in [1.29, 1.82) is 0 Å². The van der Waals surface area contributed by atoms with Gasteiger partial charge < -0.3 is 5.11 Å². The lowest BCUT2D eigenvalue weighted by Gasteiger charge is -2.07. The van der Waals surface area contributed by atoms with Gasteiger partial charge in [0.2, 0.25) is 5.88 Å². The molecule has 0 fully saturated rings. The molecular weight excluding hydrogens is 364 g/mol. The van der Waals surface area contributed by atoms with E-state index in [9.17, 15) is 19.5 Å². The van der Waals surface area contributed by atoms with E-state index < -0.39 is 28.5 Å². The van der Waals surface area contributed by atoms with Crippen LogP contribution in [0.2, 0.25) is 0 Å². The molecule has 23 heavy (non-hydrogen) atoms. The van der Waals surface area contributed by atoms with Crippen molar-refractivity contribution >= 4 is 27.8 Å². The van der Waals surface area contributed by atoms with Gasteiger partial charge in [-0.3, -0.25) is 19.1 Å². The van der Waals surface area contributed by atoms with E-state index in [0.29, 0.717) is 0 Å². The number of ketones is 1. The number of carbonyl (C=O) groups excluding carboxylic acids is 1. The second kappa shape index (κ2) is 7.06. The van der Waals surface area contributed by atoms with Gasteiger partial charge in [-0.25, -0.2) is 4.79 Å². The highest BCUT2D eigenvalue weighted by Crippen LogP contribution is 2.14. The number of rotatable bonds is 5. The van der Waals surface area contributed by atoms with E-state index in [1.807, 2.05) is 4.98 Å². The molecule has 0 aliphatic carbocycles. The van der Waals surface area contributed by atoms with E-state index in [4.69, 9.17) is 0 Å². The fraction of sp³-hybridized carbons (Fsp3) is 0.0625. The van der Waals surface area contributed by atoms with Crippen molar-refractivity contribution in [3.63, 3.8) is 0 Å². The van der Waals surface area contributed by atoms with Crippen LogP contribution in [0, 0.1) is 0 Å². The Bertz CT molecular complexity index is 892. The van der Waals surface area contributed by atoms with Crippen LogP contribution in [-0.4, -0.2) is 20.4 Å². The summed E-state index contributed by atoms with van der Waals surface area (Å²) < 4.78 is 1.75. The highest BCUT2D eigenvalue weighted by atomic mass is 79.9. The summed E-state index contributed by atoms with van der Waals surface area (Å²) in [4.78, 5) is 37.6. The zero-order chi connectivity index (χ0) is 17.0. The minimum Gasteiger partial charge on any atom is -0.494 e. The van der Waals surface area contributed by atoms with Gasteiger partial charge in [-0.05, 0) is 23.8 Å². The molecule has 0 atom stereocenters. The van der Waals surface area contributed by atoms with Crippen LogP contribution >= 0.6 is 15.9 Å². The van der Waals surface area contributed by atoms with Crippen LogP contribution in [0.5, 0.6) is 5.88 Å². The number of nitrogens with one attached hydrogen (secondary N) is 1. The van der Waals surface area contributed by atoms with Crippen molar-refractivity contribution in [2.75, 3.05) is 0 Å². The largest absolute Gasteiger partial charge is 0.494 e. The standard InChI is InChI=1S/C16H13BrN2O4/c1-2-9-19-15(22)13(14(21)18-16(19)23)12(20)8-5-10-3-6-11(17)7-4-10/h2-8,22H,1,9H2,(H,18,21,23)/b8-5+. The van der Waals surface area contributed by atoms with Gasteiger partial charge in [0.15, 0.2) is 5.78 Å². The van der Waals surface area contributed by atoms with E-state index in [0.717, 1.165) is 20.7 Å². The summed E-state index contributed by atoms with van der Waals surface area (Å²) in [6.45, 7) is 3.42. The molecular formula is C16H13BrN2O4. The molecule has 0 bridgehead atoms. The maximum Gasteiger partial charge on any atom is 0.331 e. The monoisotopic (exact) mass is 376 g/mol. The SMILES string of the molecule is C=CCn1c(O)c(C(=O)/C=C/c2ccc(Br)cc2)c(=O)[nH]c1=O. The average molecular weight is 377 g/mol. The molecule has 1 heterocycles. The molecule has 1 aromatic carbocycles. The summed E-state index contributed by atoms with van der Waals surface area (Å²) in [5, 5.41) is 10.0. The number of hydrogen-bond acceptors (Lipinski definition) is 4. The van der Waals surface area contributed by atoms with Crippen LogP contribution in [0.4, 0.5) is 0 Å². The van der Waals surface area contributed by atoms with Crippen molar-refractivity contribution in [1.82, 2.24) is 9.55 Å². The molecule has 1 aromatic heterocycles. The molecule has 0 radical (unpaired) electrons. The van der Waals surface area contributed by atoms with E-state index in [2.05, 4.69) is 22.5 Å². The molecule has 0 unspecified atom stereocenters. The van der Waals surface area contributed by atoms with E-state index in [1.54, 1.807) is 24.3 Å². The second-order valence-electron chi connectivity index (χ2n) is 4.61. The summed E-state index contributed by atoms with van der Waals surface area (Å²) in [6.07, 6.45) is 4.04. The van der Waals surface area contributed by atoms with Gasteiger partial charge in [0.05, 0.1) is 0 Å². The Kier molecular flexibility index (Phi) is 5.13. The topological polar surface area (TPSA) is 92.2 Å². The van der Waals surface area contributed by atoms with Gasteiger partial charge in [0.1, 0.15) is 5.56 Å². The number of benzene rings is 1. The minimum atomic E-state index is -0.932. The highest BCUT2D eigenvalue weighted by Gasteiger charge is 2.18. The van der Waals surface area contributed by atoms with Gasteiger partial charge in [-0.15, -0.1) is 6.58 Å². The first-order valence-electron chi connectivity index (χ1n) is 6.59. The number of aromatic amines is 1. The van der Waals surface area contributed by atoms with Crippen LogP contribution in [0.25, 0.3) is 6.08 Å². The van der Waals surface area contributed by atoms with Crippen LogP contribution in [-0.2, 0) is 6.54 Å². The molecule has 7 heteroatoms. The zero-order valence-electron chi connectivity index (χ0n) is 12.0. The molecule has 0 saturated heterocycles. The number of H-pyrrole nitrogens is 1. The number of allylic oxidation sites excluding steroid dienone is 2. The Morgan fingerprint density at radius 1 is 1.30 bits per heavy atom. The van der Waals surface area contributed by atoms with Gasteiger partial charge in [-0.2, -0.15) is 0 Å². The number of aromatic nitrogens is 2.